The van der Waals surface area contributed by atoms with E-state index in [0.29, 0.717) is 18.8 Å². The molecule has 0 saturated heterocycles. The molecule has 0 aliphatic heterocycles. The van der Waals surface area contributed by atoms with Crippen molar-refractivity contribution >= 4 is 17.6 Å². The van der Waals surface area contributed by atoms with Crippen molar-refractivity contribution in [3.05, 3.63) is 48.2 Å². The van der Waals surface area contributed by atoms with E-state index >= 15 is 0 Å². The molecule has 1 atom stereocenters. The highest BCUT2D eigenvalue weighted by Gasteiger charge is 2.25. The first-order chi connectivity index (χ1) is 12.7. The Balaban J connectivity index is 2.08. The fourth-order valence-electron chi connectivity index (χ4n) is 2.91. The number of benzene rings is 1. The number of hydrogen-bond acceptors (Lipinski definition) is 4. The van der Waals surface area contributed by atoms with Crippen LogP contribution >= 0.6 is 0 Å². The van der Waals surface area contributed by atoms with E-state index < -0.39 is 0 Å². The van der Waals surface area contributed by atoms with E-state index in [4.69, 9.17) is 4.52 Å². The van der Waals surface area contributed by atoms with Crippen molar-refractivity contribution in [2.24, 2.45) is 0 Å². The minimum Gasteiger partial charge on any atom is -0.363 e. The first-order valence-corrected chi connectivity index (χ1v) is 9.19. The van der Waals surface area contributed by atoms with Crippen LogP contribution in [0.25, 0.3) is 0 Å². The molecule has 1 aromatic heterocycles. The molecule has 0 spiro atoms. The SMILES string of the molecule is CCCCCN(CC(=O)Nc1ccon1)C(=O)C(CC)c1ccccc1. The van der Waals surface area contributed by atoms with Crippen LogP contribution in [0.4, 0.5) is 5.82 Å². The Morgan fingerprint density at radius 2 is 1.92 bits per heavy atom. The zero-order valence-electron chi connectivity index (χ0n) is 15.5. The van der Waals surface area contributed by atoms with Gasteiger partial charge in [0.05, 0.1) is 12.5 Å². The predicted molar refractivity (Wildman–Crippen MR) is 101 cm³/mol. The monoisotopic (exact) mass is 357 g/mol. The lowest BCUT2D eigenvalue weighted by Gasteiger charge is -2.26. The second-order valence-electron chi connectivity index (χ2n) is 6.27. The Labute approximate surface area is 154 Å². The number of amides is 2. The molecule has 2 aromatic rings. The quantitative estimate of drug-likeness (QED) is 0.656. The summed E-state index contributed by atoms with van der Waals surface area (Å²) in [5.41, 5.74) is 0.984. The van der Waals surface area contributed by atoms with Gasteiger partial charge in [-0.2, -0.15) is 0 Å². The summed E-state index contributed by atoms with van der Waals surface area (Å²) in [7, 11) is 0. The van der Waals surface area contributed by atoms with Gasteiger partial charge in [-0.1, -0.05) is 62.2 Å². The standard InChI is InChI=1S/C20H27N3O3/c1-3-5-9-13-23(15-19(24)21-18-12-14-26-22-18)20(25)17(4-2)16-10-7-6-8-11-16/h6-8,10-12,14,17H,3-5,9,13,15H2,1-2H3,(H,21,22,24). The highest BCUT2D eigenvalue weighted by molar-refractivity contribution is 5.94. The van der Waals surface area contributed by atoms with Crippen LogP contribution in [0.2, 0.25) is 0 Å². The zero-order valence-corrected chi connectivity index (χ0v) is 15.5. The average Bonchev–Trinajstić information content (AvgIpc) is 3.15. The summed E-state index contributed by atoms with van der Waals surface area (Å²) in [5, 5.41) is 6.33. The molecular formula is C20H27N3O3. The summed E-state index contributed by atoms with van der Waals surface area (Å²) in [6.07, 6.45) is 5.05. The molecule has 0 saturated carbocycles. The van der Waals surface area contributed by atoms with Gasteiger partial charge in [0.1, 0.15) is 6.26 Å². The van der Waals surface area contributed by atoms with Gasteiger partial charge in [0, 0.05) is 12.6 Å². The summed E-state index contributed by atoms with van der Waals surface area (Å²) in [6.45, 7) is 4.69. The van der Waals surface area contributed by atoms with Crippen LogP contribution < -0.4 is 5.32 Å². The molecule has 1 aromatic carbocycles. The molecule has 0 aliphatic carbocycles. The van der Waals surface area contributed by atoms with E-state index in [9.17, 15) is 9.59 Å². The van der Waals surface area contributed by atoms with Gasteiger partial charge >= 0.3 is 0 Å². The van der Waals surface area contributed by atoms with Gasteiger partial charge in [-0.05, 0) is 18.4 Å². The maximum atomic E-state index is 13.1. The van der Waals surface area contributed by atoms with Crippen LogP contribution in [0.15, 0.2) is 47.2 Å². The number of carbonyl (C=O) groups excluding carboxylic acids is 2. The summed E-state index contributed by atoms with van der Waals surface area (Å²) >= 11 is 0. The minimum absolute atomic E-state index is 0.00916. The number of rotatable bonds is 10. The largest absolute Gasteiger partial charge is 0.363 e. The number of aromatic nitrogens is 1. The number of nitrogens with zero attached hydrogens (tertiary/aromatic N) is 2. The Bertz CT molecular complexity index is 671. The molecule has 0 fully saturated rings. The summed E-state index contributed by atoms with van der Waals surface area (Å²) in [5.74, 6) is -0.166. The molecule has 6 nitrogen and oxygen atoms in total. The number of anilines is 1. The van der Waals surface area contributed by atoms with Crippen LogP contribution in [-0.4, -0.2) is 35.0 Å². The van der Waals surface area contributed by atoms with Gasteiger partial charge in [-0.3, -0.25) is 9.59 Å². The molecule has 0 aliphatic rings. The third kappa shape index (κ3) is 5.72. The van der Waals surface area contributed by atoms with Gasteiger partial charge in [-0.15, -0.1) is 0 Å². The van der Waals surface area contributed by atoms with Crippen LogP contribution in [-0.2, 0) is 9.59 Å². The average molecular weight is 357 g/mol. The zero-order chi connectivity index (χ0) is 18.8. The topological polar surface area (TPSA) is 75.4 Å². The molecule has 1 N–H and O–H groups in total. The summed E-state index contributed by atoms with van der Waals surface area (Å²) in [6, 6.07) is 11.3. The van der Waals surface area contributed by atoms with Gasteiger partial charge < -0.3 is 14.7 Å². The van der Waals surface area contributed by atoms with Crippen molar-refractivity contribution in [2.45, 2.75) is 45.4 Å². The van der Waals surface area contributed by atoms with Crippen molar-refractivity contribution in [1.29, 1.82) is 0 Å². The number of unbranched alkanes of at least 4 members (excludes halogenated alkanes) is 2. The minimum atomic E-state index is -0.272. The first-order valence-electron chi connectivity index (χ1n) is 9.19. The molecule has 1 heterocycles. The molecule has 2 amide bonds. The predicted octanol–water partition coefficient (Wildman–Crippen LogP) is 3.83. The molecule has 0 radical (unpaired) electrons. The van der Waals surface area contributed by atoms with Gasteiger partial charge in [-0.25, -0.2) is 0 Å². The summed E-state index contributed by atoms with van der Waals surface area (Å²) in [4.78, 5) is 27.1. The molecule has 140 valence electrons. The van der Waals surface area contributed by atoms with Crippen LogP contribution in [0.3, 0.4) is 0 Å². The van der Waals surface area contributed by atoms with E-state index in [0.717, 1.165) is 24.8 Å². The highest BCUT2D eigenvalue weighted by atomic mass is 16.5. The van der Waals surface area contributed by atoms with Gasteiger partial charge in [0.15, 0.2) is 5.82 Å². The molecule has 26 heavy (non-hydrogen) atoms. The Kier molecular flexibility index (Phi) is 7.86. The third-order valence-electron chi connectivity index (χ3n) is 4.29. The van der Waals surface area contributed by atoms with Crippen molar-refractivity contribution < 1.29 is 14.1 Å². The molecular weight excluding hydrogens is 330 g/mol. The number of nitrogens with one attached hydrogen (secondary N) is 1. The van der Waals surface area contributed by atoms with Crippen molar-refractivity contribution in [3.8, 4) is 0 Å². The second kappa shape index (κ2) is 10.4. The lowest BCUT2D eigenvalue weighted by molar-refractivity contribution is -0.136. The van der Waals surface area contributed by atoms with Gasteiger partial charge in [0.25, 0.3) is 0 Å². The van der Waals surface area contributed by atoms with Crippen molar-refractivity contribution in [1.82, 2.24) is 10.1 Å². The molecule has 0 bridgehead atoms. The highest BCUT2D eigenvalue weighted by Crippen LogP contribution is 2.22. The van der Waals surface area contributed by atoms with Gasteiger partial charge in [0.2, 0.25) is 11.8 Å². The normalized spacial score (nSPS) is 11.8. The van der Waals surface area contributed by atoms with Crippen LogP contribution in [0.5, 0.6) is 0 Å². The summed E-state index contributed by atoms with van der Waals surface area (Å²) < 4.78 is 4.72. The van der Waals surface area contributed by atoms with Crippen molar-refractivity contribution in [2.75, 3.05) is 18.4 Å². The maximum absolute atomic E-state index is 13.1. The Morgan fingerprint density at radius 1 is 1.15 bits per heavy atom. The maximum Gasteiger partial charge on any atom is 0.245 e. The smallest absolute Gasteiger partial charge is 0.245 e. The van der Waals surface area contributed by atoms with Crippen molar-refractivity contribution in [3.63, 3.8) is 0 Å². The van der Waals surface area contributed by atoms with Crippen LogP contribution in [0.1, 0.15) is 51.0 Å². The lowest BCUT2D eigenvalue weighted by atomic mass is 9.95. The Hall–Kier alpha value is -2.63. The molecule has 6 heteroatoms. The fourth-order valence-corrected chi connectivity index (χ4v) is 2.91. The number of hydrogen-bond donors (Lipinski definition) is 1. The Morgan fingerprint density at radius 3 is 2.54 bits per heavy atom. The van der Waals surface area contributed by atoms with Crippen LogP contribution in [0, 0.1) is 0 Å². The van der Waals surface area contributed by atoms with E-state index in [1.807, 2.05) is 37.3 Å². The first kappa shape index (κ1) is 19.7. The third-order valence-corrected chi connectivity index (χ3v) is 4.29. The molecule has 2 rings (SSSR count). The lowest BCUT2D eigenvalue weighted by Crippen LogP contribution is -2.41. The van der Waals surface area contributed by atoms with E-state index in [1.54, 1.807) is 11.0 Å². The molecule has 1 unspecified atom stereocenters. The van der Waals surface area contributed by atoms with E-state index in [1.165, 1.54) is 6.26 Å². The van der Waals surface area contributed by atoms with E-state index in [-0.39, 0.29) is 24.3 Å². The number of carbonyl (C=O) groups is 2. The fraction of sp³-hybridized carbons (Fsp3) is 0.450. The van der Waals surface area contributed by atoms with E-state index in [2.05, 4.69) is 17.4 Å². The second-order valence-corrected chi connectivity index (χ2v) is 6.27.